The highest BCUT2D eigenvalue weighted by Crippen LogP contribution is 2.50. The zero-order valence-electron chi connectivity index (χ0n) is 25.5. The molecule has 9 nitrogen and oxygen atoms in total. The fourth-order valence-electron chi connectivity index (χ4n) is 6.34. The van der Waals surface area contributed by atoms with Crippen LogP contribution in [0.5, 0.6) is 0 Å². The maximum atomic E-state index is 11.9. The molecule has 0 amide bonds. The summed E-state index contributed by atoms with van der Waals surface area (Å²) in [5.74, 6) is -0.0199. The third-order valence-electron chi connectivity index (χ3n) is 8.26. The first kappa shape index (κ1) is 29.3. The predicted octanol–water partition coefficient (Wildman–Crippen LogP) is 5.46. The number of para-hydroxylation sites is 1. The van der Waals surface area contributed by atoms with Gasteiger partial charge in [0, 0.05) is 49.1 Å². The van der Waals surface area contributed by atoms with E-state index in [0.29, 0.717) is 12.1 Å². The fraction of sp³-hybridized carbons (Fsp3) is 0.286. The second-order valence-corrected chi connectivity index (χ2v) is 11.5. The number of aromatic nitrogens is 2. The molecular formula is C35H39N7O2. The van der Waals surface area contributed by atoms with Gasteiger partial charge in [-0.1, -0.05) is 42.5 Å². The standard InChI is InChI=1S/C31H27N5O2.C4H12N2/c1-20-7-4-12-28(33-20)36-29(24-15-16-32-25-10-3-2-9-23(24)25)30(26-11-6-18-35(26)36)34-17-5-8-21-13-14-22(31(37)38)19-27(21)34;1-6(2)4-3-5/h2-5,7-10,12-16,19,29H,6,11,17-18H2,1H3,(H,37,38);3-5H2,1-2H3. The molecular weight excluding hydrogens is 550 g/mol. The Kier molecular flexibility index (Phi) is 8.32. The number of carboxylic acid groups (broad SMARTS) is 1. The molecule has 3 aliphatic rings. The Balaban J connectivity index is 0.000000523. The van der Waals surface area contributed by atoms with Crippen molar-refractivity contribution in [2.24, 2.45) is 5.73 Å². The van der Waals surface area contributed by atoms with Gasteiger partial charge in [-0.2, -0.15) is 0 Å². The van der Waals surface area contributed by atoms with Gasteiger partial charge in [0.2, 0.25) is 0 Å². The number of carbonyl (C=O) groups is 1. The van der Waals surface area contributed by atoms with Crippen molar-refractivity contribution in [3.8, 4) is 0 Å². The number of pyridine rings is 2. The molecule has 0 spiro atoms. The second kappa shape index (κ2) is 12.5. The summed E-state index contributed by atoms with van der Waals surface area (Å²) < 4.78 is 0. The highest BCUT2D eigenvalue weighted by Gasteiger charge is 2.46. The van der Waals surface area contributed by atoms with Crippen LogP contribution in [0.1, 0.15) is 46.1 Å². The lowest BCUT2D eigenvalue weighted by atomic mass is 9.95. The largest absolute Gasteiger partial charge is 0.478 e. The fourth-order valence-corrected chi connectivity index (χ4v) is 6.34. The van der Waals surface area contributed by atoms with E-state index >= 15 is 0 Å². The molecule has 9 heteroatoms. The maximum absolute atomic E-state index is 11.9. The first-order chi connectivity index (χ1) is 21.4. The minimum atomic E-state index is -0.920. The zero-order chi connectivity index (χ0) is 30.8. The van der Waals surface area contributed by atoms with E-state index < -0.39 is 5.97 Å². The van der Waals surface area contributed by atoms with E-state index in [9.17, 15) is 9.90 Å². The van der Waals surface area contributed by atoms with Gasteiger partial charge < -0.3 is 20.6 Å². The van der Waals surface area contributed by atoms with Crippen molar-refractivity contribution in [1.29, 1.82) is 0 Å². The minimum absolute atomic E-state index is 0.152. The van der Waals surface area contributed by atoms with Gasteiger partial charge in [-0.25, -0.2) is 9.78 Å². The van der Waals surface area contributed by atoms with Gasteiger partial charge >= 0.3 is 5.97 Å². The Morgan fingerprint density at radius 2 is 1.93 bits per heavy atom. The lowest BCUT2D eigenvalue weighted by molar-refractivity contribution is 0.0697. The number of hydrogen-bond donors (Lipinski definition) is 2. The number of nitrogens with zero attached hydrogens (tertiary/aromatic N) is 6. The Morgan fingerprint density at radius 3 is 2.68 bits per heavy atom. The Morgan fingerprint density at radius 1 is 1.09 bits per heavy atom. The molecule has 4 aromatic rings. The molecule has 3 N–H and O–H groups in total. The SMILES string of the molecule is CN(C)CCN.Cc1cccc(N2C(c3ccnc4ccccc34)C(N3CC=Cc4ccc(C(=O)O)cc43)=C3CCCN32)n1. The molecule has 1 fully saturated rings. The first-order valence-electron chi connectivity index (χ1n) is 15.1. The maximum Gasteiger partial charge on any atom is 0.335 e. The van der Waals surface area contributed by atoms with Crippen molar-refractivity contribution < 1.29 is 9.90 Å². The molecule has 3 aliphatic heterocycles. The normalized spacial score (nSPS) is 17.2. The number of aryl methyl sites for hydroxylation is 1. The Hall–Kier alpha value is -4.73. The lowest BCUT2D eigenvalue weighted by Crippen LogP contribution is -2.40. The van der Waals surface area contributed by atoms with Crippen LogP contribution in [0, 0.1) is 6.92 Å². The number of hydrazine groups is 1. The monoisotopic (exact) mass is 589 g/mol. The molecule has 1 atom stereocenters. The number of rotatable bonds is 6. The summed E-state index contributed by atoms with van der Waals surface area (Å²) in [6, 6.07) is 21.8. The Bertz CT molecular complexity index is 1740. The number of likely N-dealkylation sites (N-methyl/N-ethyl adjacent to an activating group) is 1. The van der Waals surface area contributed by atoms with E-state index in [-0.39, 0.29) is 6.04 Å². The molecule has 0 radical (unpaired) electrons. The van der Waals surface area contributed by atoms with E-state index in [1.165, 1.54) is 11.4 Å². The van der Waals surface area contributed by atoms with Crippen molar-refractivity contribution in [3.63, 3.8) is 0 Å². The molecule has 0 bridgehead atoms. The number of fused-ring (bicyclic) bond motifs is 3. The number of aromatic carboxylic acids is 1. The number of allylic oxidation sites excluding steroid dienone is 1. The molecule has 226 valence electrons. The summed E-state index contributed by atoms with van der Waals surface area (Å²) >= 11 is 0. The number of hydrogen-bond acceptors (Lipinski definition) is 8. The summed E-state index contributed by atoms with van der Waals surface area (Å²) in [6.45, 7) is 5.33. The van der Waals surface area contributed by atoms with E-state index in [4.69, 9.17) is 10.7 Å². The van der Waals surface area contributed by atoms with Crippen molar-refractivity contribution in [2.45, 2.75) is 25.8 Å². The highest BCUT2D eigenvalue weighted by atomic mass is 16.4. The van der Waals surface area contributed by atoms with Crippen LogP contribution in [-0.2, 0) is 0 Å². The molecule has 44 heavy (non-hydrogen) atoms. The van der Waals surface area contributed by atoms with Gasteiger partial charge in [0.1, 0.15) is 11.9 Å². The molecule has 2 aromatic carbocycles. The summed E-state index contributed by atoms with van der Waals surface area (Å²) in [4.78, 5) is 25.9. The zero-order valence-corrected chi connectivity index (χ0v) is 25.5. The van der Waals surface area contributed by atoms with Gasteiger partial charge in [-0.3, -0.25) is 15.0 Å². The second-order valence-electron chi connectivity index (χ2n) is 11.5. The van der Waals surface area contributed by atoms with Crippen LogP contribution in [0.2, 0.25) is 0 Å². The predicted molar refractivity (Wildman–Crippen MR) is 176 cm³/mol. The molecule has 0 saturated carbocycles. The van der Waals surface area contributed by atoms with Gasteiger partial charge in [-0.05, 0) is 81.4 Å². The van der Waals surface area contributed by atoms with Crippen molar-refractivity contribution >= 4 is 34.5 Å². The smallest absolute Gasteiger partial charge is 0.335 e. The van der Waals surface area contributed by atoms with Gasteiger partial charge in [0.05, 0.1) is 22.5 Å². The minimum Gasteiger partial charge on any atom is -0.478 e. The Labute approximate surface area is 258 Å². The summed E-state index contributed by atoms with van der Waals surface area (Å²) in [5, 5.41) is 15.6. The van der Waals surface area contributed by atoms with Crippen LogP contribution in [0.4, 0.5) is 11.5 Å². The number of benzene rings is 2. The van der Waals surface area contributed by atoms with E-state index in [0.717, 1.165) is 71.7 Å². The topological polar surface area (TPSA) is 102 Å². The van der Waals surface area contributed by atoms with Gasteiger partial charge in [0.25, 0.3) is 0 Å². The lowest BCUT2D eigenvalue weighted by Gasteiger charge is -2.37. The van der Waals surface area contributed by atoms with Crippen LogP contribution in [0.3, 0.4) is 0 Å². The van der Waals surface area contributed by atoms with E-state index in [2.05, 4.69) is 73.4 Å². The summed E-state index contributed by atoms with van der Waals surface area (Å²) in [7, 11) is 4.01. The van der Waals surface area contributed by atoms with Gasteiger partial charge in [0.15, 0.2) is 0 Å². The summed E-state index contributed by atoms with van der Waals surface area (Å²) in [5.41, 5.74) is 12.9. The molecule has 0 aliphatic carbocycles. The van der Waals surface area contributed by atoms with Crippen LogP contribution < -0.4 is 15.6 Å². The van der Waals surface area contributed by atoms with Crippen LogP contribution in [0.25, 0.3) is 17.0 Å². The van der Waals surface area contributed by atoms with Gasteiger partial charge in [-0.15, -0.1) is 0 Å². The molecule has 2 aromatic heterocycles. The quantitative estimate of drug-likeness (QED) is 0.304. The third kappa shape index (κ3) is 5.52. The van der Waals surface area contributed by atoms with Crippen LogP contribution in [-0.4, -0.2) is 71.2 Å². The average Bonchev–Trinajstić information content (AvgIpc) is 3.61. The average molecular weight is 590 g/mol. The molecule has 1 unspecified atom stereocenters. The molecule has 5 heterocycles. The molecule has 7 rings (SSSR count). The van der Waals surface area contributed by atoms with Crippen molar-refractivity contribution in [3.05, 3.63) is 113 Å². The number of nitrogens with two attached hydrogens (primary N) is 1. The molecule has 1 saturated heterocycles. The number of anilines is 2. The summed E-state index contributed by atoms with van der Waals surface area (Å²) in [6.07, 6.45) is 8.13. The highest BCUT2D eigenvalue weighted by molar-refractivity contribution is 5.91. The van der Waals surface area contributed by atoms with Crippen molar-refractivity contribution in [1.82, 2.24) is 19.9 Å². The third-order valence-corrected chi connectivity index (χ3v) is 8.26. The van der Waals surface area contributed by atoms with Crippen molar-refractivity contribution in [2.75, 3.05) is 50.2 Å². The first-order valence-corrected chi connectivity index (χ1v) is 15.1. The van der Waals surface area contributed by atoms with Crippen LogP contribution >= 0.6 is 0 Å². The number of carboxylic acids is 1. The van der Waals surface area contributed by atoms with E-state index in [1.54, 1.807) is 6.07 Å². The van der Waals surface area contributed by atoms with Crippen LogP contribution in [0.15, 0.2) is 90.4 Å². The van der Waals surface area contributed by atoms with E-state index in [1.807, 2.05) is 51.5 Å².